The zero-order chi connectivity index (χ0) is 10.2. The molecule has 2 rings (SSSR count). The Labute approximate surface area is 84.1 Å². The molecule has 1 fully saturated rings. The molecule has 1 aliphatic rings. The fourth-order valence-electron chi connectivity index (χ4n) is 1.41. The summed E-state index contributed by atoms with van der Waals surface area (Å²) in [4.78, 5) is 4.35. The predicted molar refractivity (Wildman–Crippen MR) is 53.9 cm³/mol. The quantitative estimate of drug-likeness (QED) is 0.765. The van der Waals surface area contributed by atoms with Gasteiger partial charge in [0.1, 0.15) is 0 Å². The number of aromatic nitrogens is 1. The first-order valence-electron chi connectivity index (χ1n) is 4.81. The molecular formula is C10H13NO2S. The number of rotatable bonds is 3. The monoisotopic (exact) mass is 211 g/mol. The maximum atomic E-state index is 11.6. The van der Waals surface area contributed by atoms with Crippen molar-refractivity contribution in [3.63, 3.8) is 0 Å². The number of sulfone groups is 1. The summed E-state index contributed by atoms with van der Waals surface area (Å²) in [6.07, 6.45) is 5.53. The van der Waals surface area contributed by atoms with E-state index in [1.807, 2.05) is 0 Å². The highest BCUT2D eigenvalue weighted by Crippen LogP contribution is 2.40. The van der Waals surface area contributed by atoms with Crippen LogP contribution >= 0.6 is 0 Å². The Morgan fingerprint density at radius 2 is 2.14 bits per heavy atom. The van der Waals surface area contributed by atoms with Gasteiger partial charge in [-0.2, -0.15) is 0 Å². The molecule has 0 N–H and O–H groups in total. The first kappa shape index (κ1) is 9.65. The van der Waals surface area contributed by atoms with Crippen molar-refractivity contribution in [2.75, 3.05) is 5.75 Å². The summed E-state index contributed by atoms with van der Waals surface area (Å²) in [5.74, 6) is 0.692. The van der Waals surface area contributed by atoms with Crippen LogP contribution in [0.1, 0.15) is 31.2 Å². The van der Waals surface area contributed by atoms with Crippen molar-refractivity contribution in [2.45, 2.75) is 30.6 Å². The van der Waals surface area contributed by atoms with Crippen LogP contribution in [-0.2, 0) is 9.84 Å². The molecule has 4 heteroatoms. The molecule has 3 nitrogen and oxygen atoms in total. The van der Waals surface area contributed by atoms with E-state index in [1.54, 1.807) is 19.2 Å². The molecule has 0 aromatic carbocycles. The molecular weight excluding hydrogens is 198 g/mol. The SMILES string of the molecule is CCS(=O)(=O)c1cncc(C2CC2)c1. The summed E-state index contributed by atoms with van der Waals surface area (Å²) < 4.78 is 23.1. The summed E-state index contributed by atoms with van der Waals surface area (Å²) in [6, 6.07) is 1.77. The third-order valence-corrected chi connectivity index (χ3v) is 4.22. The third-order valence-electron chi connectivity index (χ3n) is 2.52. The molecule has 1 aromatic heterocycles. The van der Waals surface area contributed by atoms with Crippen LogP contribution in [0.25, 0.3) is 0 Å². The normalized spacial score (nSPS) is 16.9. The fourth-order valence-corrected chi connectivity index (χ4v) is 2.28. The van der Waals surface area contributed by atoms with E-state index in [0.717, 1.165) is 18.4 Å². The van der Waals surface area contributed by atoms with Crippen LogP contribution in [0.4, 0.5) is 0 Å². The van der Waals surface area contributed by atoms with Gasteiger partial charge in [0.05, 0.1) is 10.6 Å². The van der Waals surface area contributed by atoms with Crippen LogP contribution in [-0.4, -0.2) is 19.2 Å². The highest BCUT2D eigenvalue weighted by Gasteiger charge is 2.25. The smallest absolute Gasteiger partial charge is 0.179 e. The van der Waals surface area contributed by atoms with Crippen molar-refractivity contribution in [1.82, 2.24) is 4.98 Å². The standard InChI is InChI=1S/C10H13NO2S/c1-2-14(12,13)10-5-9(6-11-7-10)8-3-4-8/h5-8H,2-4H2,1H3. The predicted octanol–water partition coefficient (Wildman–Crippen LogP) is 1.75. The Hall–Kier alpha value is -0.900. The van der Waals surface area contributed by atoms with Gasteiger partial charge >= 0.3 is 0 Å². The second-order valence-electron chi connectivity index (χ2n) is 3.63. The van der Waals surface area contributed by atoms with Crippen LogP contribution in [0.5, 0.6) is 0 Å². The highest BCUT2D eigenvalue weighted by molar-refractivity contribution is 7.91. The largest absolute Gasteiger partial charge is 0.263 e. The van der Waals surface area contributed by atoms with Gasteiger partial charge in [-0.1, -0.05) is 6.92 Å². The van der Waals surface area contributed by atoms with Gasteiger partial charge in [-0.25, -0.2) is 8.42 Å². The molecule has 1 heterocycles. The van der Waals surface area contributed by atoms with Crippen LogP contribution in [0.2, 0.25) is 0 Å². The van der Waals surface area contributed by atoms with Crippen molar-refractivity contribution in [1.29, 1.82) is 0 Å². The van der Waals surface area contributed by atoms with Gasteiger partial charge in [-0.3, -0.25) is 4.98 Å². The molecule has 0 saturated heterocycles. The van der Waals surface area contributed by atoms with Gasteiger partial charge in [0.15, 0.2) is 9.84 Å². The topological polar surface area (TPSA) is 47.0 Å². The molecule has 0 bridgehead atoms. The van der Waals surface area contributed by atoms with Crippen molar-refractivity contribution in [3.8, 4) is 0 Å². The number of pyridine rings is 1. The minimum Gasteiger partial charge on any atom is -0.263 e. The molecule has 0 aliphatic heterocycles. The van der Waals surface area contributed by atoms with Gasteiger partial charge in [0.2, 0.25) is 0 Å². The van der Waals surface area contributed by atoms with Gasteiger partial charge < -0.3 is 0 Å². The van der Waals surface area contributed by atoms with Crippen LogP contribution < -0.4 is 0 Å². The minimum atomic E-state index is -3.09. The van der Waals surface area contributed by atoms with E-state index in [2.05, 4.69) is 4.98 Å². The molecule has 0 unspecified atom stereocenters. The Kier molecular flexibility index (Phi) is 2.31. The highest BCUT2D eigenvalue weighted by atomic mass is 32.2. The van der Waals surface area contributed by atoms with Gasteiger partial charge in [0.25, 0.3) is 0 Å². The average Bonchev–Trinajstić information content (AvgIpc) is 3.01. The fraction of sp³-hybridized carbons (Fsp3) is 0.500. The summed E-state index contributed by atoms with van der Waals surface area (Å²) in [6.45, 7) is 1.65. The Morgan fingerprint density at radius 1 is 1.43 bits per heavy atom. The number of hydrogen-bond donors (Lipinski definition) is 0. The summed E-state index contributed by atoms with van der Waals surface area (Å²) >= 11 is 0. The Balaban J connectivity index is 2.39. The molecule has 0 amide bonds. The van der Waals surface area contributed by atoms with Crippen LogP contribution in [0, 0.1) is 0 Å². The molecule has 1 saturated carbocycles. The Bertz CT molecular complexity index is 435. The molecule has 1 aliphatic carbocycles. The molecule has 76 valence electrons. The lowest BCUT2D eigenvalue weighted by Crippen LogP contribution is -2.04. The molecule has 14 heavy (non-hydrogen) atoms. The maximum absolute atomic E-state index is 11.6. The first-order chi connectivity index (χ1) is 6.63. The summed E-state index contributed by atoms with van der Waals surface area (Å²) in [5.41, 5.74) is 1.07. The van der Waals surface area contributed by atoms with E-state index in [4.69, 9.17) is 0 Å². The number of hydrogen-bond acceptors (Lipinski definition) is 3. The van der Waals surface area contributed by atoms with E-state index in [9.17, 15) is 8.42 Å². The van der Waals surface area contributed by atoms with E-state index in [1.165, 1.54) is 6.20 Å². The van der Waals surface area contributed by atoms with Gasteiger partial charge in [-0.15, -0.1) is 0 Å². The maximum Gasteiger partial charge on any atom is 0.179 e. The van der Waals surface area contributed by atoms with E-state index in [-0.39, 0.29) is 5.75 Å². The zero-order valence-electron chi connectivity index (χ0n) is 8.10. The minimum absolute atomic E-state index is 0.142. The van der Waals surface area contributed by atoms with Crippen molar-refractivity contribution >= 4 is 9.84 Å². The molecule has 0 radical (unpaired) electrons. The lowest BCUT2D eigenvalue weighted by molar-refractivity contribution is 0.596. The second kappa shape index (κ2) is 3.35. The van der Waals surface area contributed by atoms with Crippen LogP contribution in [0.3, 0.4) is 0 Å². The number of nitrogens with zero attached hydrogens (tertiary/aromatic N) is 1. The lowest BCUT2D eigenvalue weighted by atomic mass is 10.2. The summed E-state index contributed by atoms with van der Waals surface area (Å²) in [5, 5.41) is 0. The van der Waals surface area contributed by atoms with E-state index < -0.39 is 9.84 Å². The zero-order valence-corrected chi connectivity index (χ0v) is 8.92. The average molecular weight is 211 g/mol. The molecule has 0 atom stereocenters. The Morgan fingerprint density at radius 3 is 2.71 bits per heavy atom. The van der Waals surface area contributed by atoms with Crippen molar-refractivity contribution < 1.29 is 8.42 Å². The van der Waals surface area contributed by atoms with Crippen molar-refractivity contribution in [3.05, 3.63) is 24.0 Å². The van der Waals surface area contributed by atoms with Gasteiger partial charge in [0, 0.05) is 12.4 Å². The van der Waals surface area contributed by atoms with E-state index in [0.29, 0.717) is 10.8 Å². The van der Waals surface area contributed by atoms with E-state index >= 15 is 0 Å². The van der Waals surface area contributed by atoms with Crippen molar-refractivity contribution in [2.24, 2.45) is 0 Å². The summed E-state index contributed by atoms with van der Waals surface area (Å²) in [7, 11) is -3.09. The lowest BCUT2D eigenvalue weighted by Gasteiger charge is -2.02. The first-order valence-corrected chi connectivity index (χ1v) is 6.46. The van der Waals surface area contributed by atoms with Crippen LogP contribution in [0.15, 0.2) is 23.4 Å². The molecule has 0 spiro atoms. The molecule has 1 aromatic rings. The third kappa shape index (κ3) is 1.80. The second-order valence-corrected chi connectivity index (χ2v) is 5.91. The van der Waals surface area contributed by atoms with Gasteiger partial charge in [-0.05, 0) is 30.4 Å².